The summed E-state index contributed by atoms with van der Waals surface area (Å²) in [5.74, 6) is 1.28. The highest BCUT2D eigenvalue weighted by molar-refractivity contribution is 5.95. The number of hydrazine groups is 1. The van der Waals surface area contributed by atoms with Crippen molar-refractivity contribution in [2.75, 3.05) is 71.1 Å². The summed E-state index contributed by atoms with van der Waals surface area (Å²) in [7, 11) is 2.23. The number of hydrogen-bond acceptors (Lipinski definition) is 9. The molecule has 3 aliphatic rings. The Morgan fingerprint density at radius 1 is 1.05 bits per heavy atom. The number of likely N-dealkylation sites (tertiary alicyclic amines) is 1. The van der Waals surface area contributed by atoms with Gasteiger partial charge in [0.05, 0.1) is 6.04 Å². The van der Waals surface area contributed by atoms with E-state index in [9.17, 15) is 10.1 Å². The first-order valence-corrected chi connectivity index (χ1v) is 14.6. The van der Waals surface area contributed by atoms with Gasteiger partial charge in [0.25, 0.3) is 5.91 Å². The maximum atomic E-state index is 13.3. The molecule has 4 heterocycles. The quantitative estimate of drug-likeness (QED) is 0.501. The fraction of sp³-hybridized carbons (Fsp3) is 0.600. The molecular weight excluding hydrogens is 504 g/mol. The van der Waals surface area contributed by atoms with Crippen molar-refractivity contribution in [2.45, 2.75) is 45.2 Å². The normalized spacial score (nSPS) is 20.2. The van der Waals surface area contributed by atoms with Crippen LogP contribution in [0.15, 0.2) is 30.5 Å². The summed E-state index contributed by atoms with van der Waals surface area (Å²) in [6.45, 7) is 12.1. The number of ether oxygens (including phenoxy) is 1. The monoisotopic (exact) mass is 546 g/mol. The van der Waals surface area contributed by atoms with E-state index in [1.54, 1.807) is 6.20 Å². The number of hydrogen-bond donors (Lipinski definition) is 1. The van der Waals surface area contributed by atoms with E-state index in [4.69, 9.17) is 4.74 Å². The minimum Gasteiger partial charge on any atom is -0.381 e. The van der Waals surface area contributed by atoms with Gasteiger partial charge in [-0.15, -0.1) is 0 Å². The highest BCUT2D eigenvalue weighted by Crippen LogP contribution is 2.23. The number of nitrogens with zero attached hydrogens (tertiary/aromatic N) is 7. The highest BCUT2D eigenvalue weighted by Gasteiger charge is 2.27. The highest BCUT2D eigenvalue weighted by atomic mass is 16.5. The maximum Gasteiger partial charge on any atom is 0.269 e. The van der Waals surface area contributed by atoms with Crippen molar-refractivity contribution in [2.24, 2.45) is 5.92 Å². The lowest BCUT2D eigenvalue weighted by Gasteiger charge is -2.38. The third-order valence-electron chi connectivity index (χ3n) is 8.49. The van der Waals surface area contributed by atoms with Crippen molar-refractivity contribution in [1.29, 1.82) is 5.26 Å². The first-order chi connectivity index (χ1) is 19.5. The van der Waals surface area contributed by atoms with Crippen LogP contribution in [-0.2, 0) is 11.3 Å². The number of nitriles is 1. The fourth-order valence-corrected chi connectivity index (χ4v) is 5.92. The first kappa shape index (κ1) is 28.4. The molecule has 10 heteroatoms. The van der Waals surface area contributed by atoms with Crippen molar-refractivity contribution < 1.29 is 9.53 Å². The Balaban J connectivity index is 1.16. The maximum absolute atomic E-state index is 13.3. The van der Waals surface area contributed by atoms with E-state index in [1.165, 1.54) is 38.0 Å². The van der Waals surface area contributed by atoms with Crippen molar-refractivity contribution in [1.82, 2.24) is 30.1 Å². The molecule has 0 aliphatic carbocycles. The summed E-state index contributed by atoms with van der Waals surface area (Å²) >= 11 is 0. The van der Waals surface area contributed by atoms with Crippen LogP contribution < -0.4 is 10.4 Å². The number of nitrogens with one attached hydrogen (secondary N) is 1. The predicted molar refractivity (Wildman–Crippen MR) is 154 cm³/mol. The average molecular weight is 547 g/mol. The fourth-order valence-electron chi connectivity index (χ4n) is 5.92. The van der Waals surface area contributed by atoms with E-state index < -0.39 is 0 Å². The van der Waals surface area contributed by atoms with Crippen LogP contribution in [0, 0.1) is 24.2 Å². The zero-order valence-corrected chi connectivity index (χ0v) is 23.9. The van der Waals surface area contributed by atoms with Crippen molar-refractivity contribution in [3.8, 4) is 6.07 Å². The Morgan fingerprint density at radius 2 is 1.73 bits per heavy atom. The Hall–Kier alpha value is -3.10. The third kappa shape index (κ3) is 7.34. The van der Waals surface area contributed by atoms with Crippen LogP contribution in [0.5, 0.6) is 0 Å². The molecule has 1 amide bonds. The first-order valence-electron chi connectivity index (χ1n) is 14.6. The number of carbonyl (C=O) groups excluding carboxylic acids is 1. The SMILES string of the molecule is Cc1cnc(C#N)nc1N(NC(=O)c1ccc(CN2CCN(CC3CCN(C)CC3)CC2)cc1)C1CCOCC1. The molecule has 1 aromatic carbocycles. The van der Waals surface area contributed by atoms with Crippen LogP contribution in [0.1, 0.15) is 53.0 Å². The van der Waals surface area contributed by atoms with Crippen LogP contribution in [0.3, 0.4) is 0 Å². The van der Waals surface area contributed by atoms with Crippen molar-refractivity contribution in [3.05, 3.63) is 53.0 Å². The third-order valence-corrected chi connectivity index (χ3v) is 8.49. The van der Waals surface area contributed by atoms with Gasteiger partial charge >= 0.3 is 0 Å². The lowest BCUT2D eigenvalue weighted by molar-refractivity contribution is 0.0774. The molecule has 40 heavy (non-hydrogen) atoms. The van der Waals surface area contributed by atoms with Gasteiger partial charge in [0.1, 0.15) is 6.07 Å². The number of amides is 1. The molecule has 0 atom stereocenters. The van der Waals surface area contributed by atoms with Gasteiger partial charge in [-0.1, -0.05) is 12.1 Å². The van der Waals surface area contributed by atoms with Gasteiger partial charge in [-0.2, -0.15) is 10.2 Å². The summed E-state index contributed by atoms with van der Waals surface area (Å²) in [5.41, 5.74) is 5.68. The molecule has 3 fully saturated rings. The second kappa shape index (κ2) is 13.5. The molecule has 10 nitrogen and oxygen atoms in total. The second-order valence-electron chi connectivity index (χ2n) is 11.5. The Bertz CT molecular complexity index is 1160. The number of aryl methyl sites for hydroxylation is 1. The van der Waals surface area contributed by atoms with Crippen LogP contribution >= 0.6 is 0 Å². The van der Waals surface area contributed by atoms with Gasteiger partial charge in [-0.25, -0.2) is 4.98 Å². The number of carbonyl (C=O) groups is 1. The molecule has 0 saturated carbocycles. The van der Waals surface area contributed by atoms with Crippen LogP contribution in [0.25, 0.3) is 0 Å². The molecule has 214 valence electrons. The van der Waals surface area contributed by atoms with E-state index in [1.807, 2.05) is 30.1 Å². The molecular formula is C30H42N8O2. The smallest absolute Gasteiger partial charge is 0.269 e. The molecule has 1 N–H and O–H groups in total. The minimum atomic E-state index is -0.197. The van der Waals surface area contributed by atoms with Gasteiger partial charge < -0.3 is 14.5 Å². The zero-order valence-electron chi connectivity index (χ0n) is 23.9. The van der Waals surface area contributed by atoms with Crippen LogP contribution in [-0.4, -0.2) is 103 Å². The summed E-state index contributed by atoms with van der Waals surface area (Å²) in [4.78, 5) is 29.4. The number of piperazine rings is 1. The number of anilines is 1. The molecule has 0 radical (unpaired) electrons. The summed E-state index contributed by atoms with van der Waals surface area (Å²) in [6, 6.07) is 9.94. The van der Waals surface area contributed by atoms with Gasteiger partial charge in [0, 0.05) is 69.8 Å². The average Bonchev–Trinajstić information content (AvgIpc) is 2.99. The topological polar surface area (TPSA) is 101 Å². The summed E-state index contributed by atoms with van der Waals surface area (Å²) < 4.78 is 5.54. The lowest BCUT2D eigenvalue weighted by atomic mass is 9.96. The molecule has 5 rings (SSSR count). The van der Waals surface area contributed by atoms with E-state index in [0.29, 0.717) is 24.6 Å². The Labute approximate surface area is 237 Å². The standard InChI is InChI=1S/C30H42N8O2/c1-23-20-32-28(19-31)33-29(23)38(27-9-17-40-18-10-27)34-30(39)26-5-3-24(4-6-26)21-36-13-15-37(16-14-36)22-25-7-11-35(2)12-8-25/h3-6,20,25,27H,7-18,21-22H2,1-2H3,(H,34,39). The van der Waals surface area contributed by atoms with Crippen molar-refractivity contribution >= 4 is 11.7 Å². The van der Waals surface area contributed by atoms with E-state index in [-0.39, 0.29) is 17.8 Å². The molecule has 1 aromatic heterocycles. The summed E-state index contributed by atoms with van der Waals surface area (Å²) in [6.07, 6.45) is 5.79. The molecule has 0 unspecified atom stereocenters. The zero-order chi connectivity index (χ0) is 27.9. The number of rotatable bonds is 8. The molecule has 0 spiro atoms. The summed E-state index contributed by atoms with van der Waals surface area (Å²) in [5, 5.41) is 11.1. The van der Waals surface area contributed by atoms with E-state index in [0.717, 1.165) is 57.0 Å². The van der Waals surface area contributed by atoms with Gasteiger partial charge in [0.15, 0.2) is 5.82 Å². The molecule has 0 bridgehead atoms. The van der Waals surface area contributed by atoms with Gasteiger partial charge in [-0.05, 0) is 76.4 Å². The van der Waals surface area contributed by atoms with Crippen molar-refractivity contribution in [3.63, 3.8) is 0 Å². The predicted octanol–water partition coefficient (Wildman–Crippen LogP) is 2.45. The second-order valence-corrected chi connectivity index (χ2v) is 11.5. The van der Waals surface area contributed by atoms with Gasteiger partial charge in [-0.3, -0.25) is 20.1 Å². The number of aromatic nitrogens is 2. The molecule has 3 saturated heterocycles. The lowest BCUT2D eigenvalue weighted by Crippen LogP contribution is -2.51. The minimum absolute atomic E-state index is 0.0234. The Kier molecular flexibility index (Phi) is 9.60. The van der Waals surface area contributed by atoms with E-state index in [2.05, 4.69) is 49.3 Å². The molecule has 2 aromatic rings. The van der Waals surface area contributed by atoms with Crippen LogP contribution in [0.4, 0.5) is 5.82 Å². The van der Waals surface area contributed by atoms with Crippen LogP contribution in [0.2, 0.25) is 0 Å². The van der Waals surface area contributed by atoms with Gasteiger partial charge in [0.2, 0.25) is 5.82 Å². The Morgan fingerprint density at radius 3 is 2.40 bits per heavy atom. The molecule has 3 aliphatic heterocycles. The number of benzene rings is 1. The van der Waals surface area contributed by atoms with E-state index >= 15 is 0 Å². The largest absolute Gasteiger partial charge is 0.381 e. The number of piperidine rings is 1.